The Bertz CT molecular complexity index is 881. The van der Waals surface area contributed by atoms with Gasteiger partial charge in [-0.1, -0.05) is 0 Å². The van der Waals surface area contributed by atoms with Crippen molar-refractivity contribution < 1.29 is 21.6 Å². The molecule has 0 bridgehead atoms. The number of anilines is 1. The molecule has 7 nitrogen and oxygen atoms in total. The van der Waals surface area contributed by atoms with Gasteiger partial charge in [0.15, 0.2) is 9.84 Å². The molecule has 1 fully saturated rings. The minimum absolute atomic E-state index is 0.0686. The lowest BCUT2D eigenvalue weighted by Gasteiger charge is -2.19. The van der Waals surface area contributed by atoms with E-state index in [4.69, 9.17) is 0 Å². The van der Waals surface area contributed by atoms with E-state index in [0.717, 1.165) is 6.26 Å². The summed E-state index contributed by atoms with van der Waals surface area (Å²) in [6, 6.07) is 3.33. The Labute approximate surface area is 142 Å². The van der Waals surface area contributed by atoms with Crippen LogP contribution in [0.5, 0.6) is 0 Å². The number of nitrogens with zero attached hydrogens (tertiary/aromatic N) is 5. The van der Waals surface area contributed by atoms with Crippen molar-refractivity contribution in [3.05, 3.63) is 24.5 Å². The first kappa shape index (κ1) is 17.6. The lowest BCUT2D eigenvalue weighted by Crippen LogP contribution is -2.37. The fraction of sp³-hybridized carbons (Fsp3) is 0.500. The average molecular weight is 375 g/mol. The van der Waals surface area contributed by atoms with Crippen molar-refractivity contribution in [3.8, 4) is 11.4 Å². The fourth-order valence-electron chi connectivity index (χ4n) is 2.95. The van der Waals surface area contributed by atoms with Crippen molar-refractivity contribution in [2.75, 3.05) is 24.2 Å². The summed E-state index contributed by atoms with van der Waals surface area (Å²) in [4.78, 5) is 9.57. The van der Waals surface area contributed by atoms with Gasteiger partial charge in [0.05, 0.1) is 22.6 Å². The molecule has 136 valence electrons. The highest BCUT2D eigenvalue weighted by molar-refractivity contribution is 7.91. The van der Waals surface area contributed by atoms with Crippen LogP contribution in [0.15, 0.2) is 24.5 Å². The summed E-state index contributed by atoms with van der Waals surface area (Å²) in [5.41, 5.74) is 1.17. The van der Waals surface area contributed by atoms with Gasteiger partial charge in [0.2, 0.25) is 5.95 Å². The van der Waals surface area contributed by atoms with Crippen LogP contribution < -0.4 is 4.90 Å². The van der Waals surface area contributed by atoms with Crippen LogP contribution in [0, 0.1) is 5.92 Å². The topological polar surface area (TPSA) is 81.0 Å². The molecule has 2 aromatic rings. The number of aryl methyl sites for hydroxylation is 1. The molecule has 0 spiro atoms. The van der Waals surface area contributed by atoms with Gasteiger partial charge in [0.25, 0.3) is 0 Å². The van der Waals surface area contributed by atoms with Crippen LogP contribution in [-0.2, 0) is 16.9 Å². The molecule has 1 aliphatic heterocycles. The van der Waals surface area contributed by atoms with E-state index in [2.05, 4.69) is 15.1 Å². The largest absolute Gasteiger partial charge is 0.394 e. The minimum atomic E-state index is -4.61. The molecule has 2 atom stereocenters. The molecule has 11 heteroatoms. The minimum Gasteiger partial charge on any atom is -0.339 e. The Morgan fingerprint density at radius 1 is 1.20 bits per heavy atom. The smallest absolute Gasteiger partial charge is 0.339 e. The number of hydrogen-bond donors (Lipinski definition) is 0. The highest BCUT2D eigenvalue weighted by Crippen LogP contribution is 2.38. The number of halogens is 3. The molecule has 1 aliphatic rings. The molecule has 0 amide bonds. The first-order valence-electron chi connectivity index (χ1n) is 7.39. The van der Waals surface area contributed by atoms with Crippen molar-refractivity contribution in [3.63, 3.8) is 0 Å². The maximum absolute atomic E-state index is 13.2. The summed E-state index contributed by atoms with van der Waals surface area (Å²) >= 11 is 0. The fourth-order valence-corrected chi connectivity index (χ4v) is 4.24. The van der Waals surface area contributed by atoms with E-state index in [9.17, 15) is 21.6 Å². The van der Waals surface area contributed by atoms with Crippen LogP contribution in [-0.4, -0.2) is 58.9 Å². The van der Waals surface area contributed by atoms with Gasteiger partial charge < -0.3 is 4.90 Å². The maximum atomic E-state index is 13.2. The van der Waals surface area contributed by atoms with Crippen molar-refractivity contribution in [1.29, 1.82) is 0 Å². The summed E-state index contributed by atoms with van der Waals surface area (Å²) in [6.07, 6.45) is -0.775. The summed E-state index contributed by atoms with van der Waals surface area (Å²) < 4.78 is 64.9. The summed E-state index contributed by atoms with van der Waals surface area (Å²) in [7, 11) is -2.15. The second kappa shape index (κ2) is 5.97. The molecule has 0 aromatic carbocycles. The van der Waals surface area contributed by atoms with Crippen molar-refractivity contribution >= 4 is 15.8 Å². The second-order valence-electron chi connectivity index (χ2n) is 6.00. The molecule has 0 N–H and O–H groups in total. The van der Waals surface area contributed by atoms with Gasteiger partial charge in [0.1, 0.15) is 0 Å². The van der Waals surface area contributed by atoms with E-state index in [1.54, 1.807) is 30.1 Å². The number of hydrogen-bond acceptors (Lipinski definition) is 6. The SMILES string of the molecule is Cn1nccc1-c1ccnc(N2C[C@H](C(F)(F)F)[C@@H](S(C)(=O)=O)C2)n1. The summed E-state index contributed by atoms with van der Waals surface area (Å²) in [5.74, 6) is -1.90. The maximum Gasteiger partial charge on any atom is 0.394 e. The molecule has 0 unspecified atom stereocenters. The van der Waals surface area contributed by atoms with E-state index in [1.165, 1.54) is 11.1 Å². The third-order valence-electron chi connectivity index (χ3n) is 4.25. The average Bonchev–Trinajstić information content (AvgIpc) is 3.12. The van der Waals surface area contributed by atoms with Gasteiger partial charge in [-0.2, -0.15) is 18.3 Å². The van der Waals surface area contributed by atoms with Crippen LogP contribution >= 0.6 is 0 Å². The molecule has 0 radical (unpaired) electrons. The lowest BCUT2D eigenvalue weighted by molar-refractivity contribution is -0.167. The predicted molar refractivity (Wildman–Crippen MR) is 84.6 cm³/mol. The quantitative estimate of drug-likeness (QED) is 0.804. The van der Waals surface area contributed by atoms with E-state index >= 15 is 0 Å². The third kappa shape index (κ3) is 3.46. The van der Waals surface area contributed by atoms with Gasteiger partial charge in [0, 0.05) is 38.8 Å². The van der Waals surface area contributed by atoms with E-state index in [-0.39, 0.29) is 12.5 Å². The summed E-state index contributed by atoms with van der Waals surface area (Å²) in [5, 5.41) is 2.49. The molecular formula is C14H16F3N5O2S. The summed E-state index contributed by atoms with van der Waals surface area (Å²) in [6.45, 7) is -0.784. The monoisotopic (exact) mass is 375 g/mol. The van der Waals surface area contributed by atoms with E-state index in [1.807, 2.05) is 0 Å². The molecule has 3 rings (SSSR count). The number of sulfone groups is 1. The van der Waals surface area contributed by atoms with E-state index < -0.39 is 33.7 Å². The van der Waals surface area contributed by atoms with Gasteiger partial charge in [-0.05, 0) is 12.1 Å². The molecule has 1 saturated heterocycles. The van der Waals surface area contributed by atoms with Crippen LogP contribution in [0.25, 0.3) is 11.4 Å². The standard InChI is InChI=1S/C14H16F3N5O2S/c1-21-11(4-6-19-21)10-3-5-18-13(20-10)22-7-9(14(15,16)17)12(8-22)25(2,23)24/h3-6,9,12H,7-8H2,1-2H3/t9-,12-/m0/s1. The van der Waals surface area contributed by atoms with Crippen LogP contribution in [0.1, 0.15) is 0 Å². The van der Waals surface area contributed by atoms with Crippen molar-refractivity contribution in [2.45, 2.75) is 11.4 Å². The first-order chi connectivity index (χ1) is 11.6. The highest BCUT2D eigenvalue weighted by Gasteiger charge is 2.53. The zero-order chi connectivity index (χ0) is 18.4. The first-order valence-corrected chi connectivity index (χ1v) is 9.35. The Hall–Kier alpha value is -2.17. The molecule has 0 saturated carbocycles. The van der Waals surface area contributed by atoms with E-state index in [0.29, 0.717) is 11.4 Å². The van der Waals surface area contributed by atoms with Gasteiger partial charge in [-0.15, -0.1) is 0 Å². The molecule has 3 heterocycles. The Kier molecular flexibility index (Phi) is 4.21. The number of alkyl halides is 3. The van der Waals surface area contributed by atoms with Gasteiger partial charge in [-0.3, -0.25) is 4.68 Å². The van der Waals surface area contributed by atoms with Gasteiger partial charge >= 0.3 is 6.18 Å². The highest BCUT2D eigenvalue weighted by atomic mass is 32.2. The second-order valence-corrected chi connectivity index (χ2v) is 8.27. The Morgan fingerprint density at radius 3 is 2.44 bits per heavy atom. The predicted octanol–water partition coefficient (Wildman–Crippen LogP) is 1.29. The van der Waals surface area contributed by atoms with Crippen LogP contribution in [0.4, 0.5) is 19.1 Å². The van der Waals surface area contributed by atoms with Crippen molar-refractivity contribution in [1.82, 2.24) is 19.7 Å². The van der Waals surface area contributed by atoms with Crippen LogP contribution in [0.3, 0.4) is 0 Å². The molecule has 0 aliphatic carbocycles. The molecule has 25 heavy (non-hydrogen) atoms. The Balaban J connectivity index is 1.94. The zero-order valence-electron chi connectivity index (χ0n) is 13.5. The number of rotatable bonds is 3. The van der Waals surface area contributed by atoms with Crippen LogP contribution in [0.2, 0.25) is 0 Å². The van der Waals surface area contributed by atoms with Crippen molar-refractivity contribution in [2.24, 2.45) is 13.0 Å². The zero-order valence-corrected chi connectivity index (χ0v) is 14.3. The lowest BCUT2D eigenvalue weighted by atomic mass is 10.1. The number of aromatic nitrogens is 4. The molecule has 2 aromatic heterocycles. The molecular weight excluding hydrogens is 359 g/mol. The normalized spacial score (nSPS) is 21.7. The Morgan fingerprint density at radius 2 is 1.92 bits per heavy atom. The third-order valence-corrected chi connectivity index (χ3v) is 5.82. The van der Waals surface area contributed by atoms with Gasteiger partial charge in [-0.25, -0.2) is 18.4 Å².